The fourth-order valence-corrected chi connectivity index (χ4v) is 2.22. The predicted octanol–water partition coefficient (Wildman–Crippen LogP) is 1.96. The maximum absolute atomic E-state index is 5.68. The first kappa shape index (κ1) is 11.7. The van der Waals surface area contributed by atoms with Crippen LogP contribution in [0.1, 0.15) is 25.6 Å². The summed E-state index contributed by atoms with van der Waals surface area (Å²) >= 11 is 1.82. The van der Waals surface area contributed by atoms with Crippen LogP contribution < -0.4 is 11.1 Å². The molecule has 0 fully saturated rings. The summed E-state index contributed by atoms with van der Waals surface area (Å²) in [5.41, 5.74) is 5.89. The maximum atomic E-state index is 5.68. The lowest BCUT2D eigenvalue weighted by atomic mass is 9.91. The van der Waals surface area contributed by atoms with E-state index in [1.54, 1.807) is 0 Å². The van der Waals surface area contributed by atoms with Crippen LogP contribution >= 0.6 is 11.3 Å². The number of hydrogen-bond acceptors (Lipinski definition) is 3. The van der Waals surface area contributed by atoms with Crippen molar-refractivity contribution in [2.75, 3.05) is 13.1 Å². The summed E-state index contributed by atoms with van der Waals surface area (Å²) in [4.78, 5) is 1.43. The molecular formula is C11H20N2S. The molecule has 3 heteroatoms. The zero-order valence-electron chi connectivity index (χ0n) is 9.21. The first-order valence-electron chi connectivity index (χ1n) is 5.02. The van der Waals surface area contributed by atoms with Gasteiger partial charge in [0.2, 0.25) is 0 Å². The van der Waals surface area contributed by atoms with E-state index in [0.29, 0.717) is 0 Å². The fourth-order valence-electron chi connectivity index (χ4n) is 1.36. The van der Waals surface area contributed by atoms with Crippen molar-refractivity contribution >= 4 is 11.3 Å². The van der Waals surface area contributed by atoms with Gasteiger partial charge in [-0.1, -0.05) is 19.9 Å². The van der Waals surface area contributed by atoms with Crippen LogP contribution in [0.25, 0.3) is 0 Å². The smallest absolute Gasteiger partial charge is 0.0136 e. The van der Waals surface area contributed by atoms with Crippen LogP contribution in [0.2, 0.25) is 0 Å². The second-order valence-electron chi connectivity index (χ2n) is 4.47. The Labute approximate surface area is 90.5 Å². The summed E-state index contributed by atoms with van der Waals surface area (Å²) < 4.78 is 0. The second kappa shape index (κ2) is 4.91. The molecule has 3 N–H and O–H groups in total. The van der Waals surface area contributed by atoms with Crippen molar-refractivity contribution in [1.82, 2.24) is 5.32 Å². The van der Waals surface area contributed by atoms with E-state index in [0.717, 1.165) is 13.1 Å². The van der Waals surface area contributed by atoms with Crippen molar-refractivity contribution < 1.29 is 0 Å². The summed E-state index contributed by atoms with van der Waals surface area (Å²) in [5.74, 6) is 0. The molecule has 0 bridgehead atoms. The van der Waals surface area contributed by atoms with Crippen molar-refractivity contribution in [3.63, 3.8) is 0 Å². The predicted molar refractivity (Wildman–Crippen MR) is 63.9 cm³/mol. The third-order valence-electron chi connectivity index (χ3n) is 2.22. The standard InChI is InChI=1S/C11H20N2S/c1-9(12)7-13-8-11(2,3)10-5-4-6-14-10/h4-6,9,13H,7-8,12H2,1-3H3. The van der Waals surface area contributed by atoms with Crippen LogP contribution in [0.3, 0.4) is 0 Å². The van der Waals surface area contributed by atoms with Gasteiger partial charge in [-0.25, -0.2) is 0 Å². The molecule has 1 unspecified atom stereocenters. The van der Waals surface area contributed by atoms with Crippen LogP contribution in [0.15, 0.2) is 17.5 Å². The molecule has 1 aromatic heterocycles. The number of nitrogens with one attached hydrogen (secondary N) is 1. The molecule has 0 aromatic carbocycles. The quantitative estimate of drug-likeness (QED) is 0.783. The molecule has 0 saturated heterocycles. The number of nitrogens with two attached hydrogens (primary N) is 1. The zero-order chi connectivity index (χ0) is 10.6. The van der Waals surface area contributed by atoms with Gasteiger partial charge in [-0.05, 0) is 18.4 Å². The van der Waals surface area contributed by atoms with E-state index >= 15 is 0 Å². The first-order chi connectivity index (χ1) is 6.52. The van der Waals surface area contributed by atoms with Crippen molar-refractivity contribution in [2.45, 2.75) is 32.2 Å². The molecule has 1 rings (SSSR count). The van der Waals surface area contributed by atoms with Crippen LogP contribution in [0.4, 0.5) is 0 Å². The molecule has 1 aromatic rings. The van der Waals surface area contributed by atoms with E-state index in [1.807, 2.05) is 18.3 Å². The highest BCUT2D eigenvalue weighted by Gasteiger charge is 2.20. The van der Waals surface area contributed by atoms with Gasteiger partial charge in [0.05, 0.1) is 0 Å². The Hall–Kier alpha value is -0.380. The van der Waals surface area contributed by atoms with Gasteiger partial charge in [-0.3, -0.25) is 0 Å². The Bertz CT molecular complexity index is 252. The molecule has 0 aliphatic heterocycles. The molecule has 1 heterocycles. The van der Waals surface area contributed by atoms with Crippen LogP contribution in [0, 0.1) is 0 Å². The lowest BCUT2D eigenvalue weighted by Crippen LogP contribution is -2.38. The van der Waals surface area contributed by atoms with Crippen LogP contribution in [0.5, 0.6) is 0 Å². The van der Waals surface area contributed by atoms with Crippen LogP contribution in [-0.2, 0) is 5.41 Å². The lowest BCUT2D eigenvalue weighted by Gasteiger charge is -2.24. The summed E-state index contributed by atoms with van der Waals surface area (Å²) in [6, 6.07) is 4.53. The normalized spacial score (nSPS) is 14.3. The highest BCUT2D eigenvalue weighted by molar-refractivity contribution is 7.10. The SMILES string of the molecule is CC(N)CNCC(C)(C)c1cccs1. The molecule has 80 valence electrons. The summed E-state index contributed by atoms with van der Waals surface area (Å²) in [6.07, 6.45) is 0. The Balaban J connectivity index is 2.42. The van der Waals surface area contributed by atoms with E-state index < -0.39 is 0 Å². The summed E-state index contributed by atoms with van der Waals surface area (Å²) in [7, 11) is 0. The minimum atomic E-state index is 0.211. The third kappa shape index (κ3) is 3.40. The van der Waals surface area contributed by atoms with Crippen molar-refractivity contribution in [1.29, 1.82) is 0 Å². The van der Waals surface area contributed by atoms with Gasteiger partial charge in [0.25, 0.3) is 0 Å². The lowest BCUT2D eigenvalue weighted by molar-refractivity contribution is 0.465. The van der Waals surface area contributed by atoms with Gasteiger partial charge in [0, 0.05) is 29.4 Å². The average molecular weight is 212 g/mol. The van der Waals surface area contributed by atoms with Gasteiger partial charge in [-0.15, -0.1) is 11.3 Å². The van der Waals surface area contributed by atoms with Gasteiger partial charge in [0.1, 0.15) is 0 Å². The topological polar surface area (TPSA) is 38.0 Å². The van der Waals surface area contributed by atoms with Gasteiger partial charge < -0.3 is 11.1 Å². The molecule has 0 amide bonds. The van der Waals surface area contributed by atoms with Crippen molar-refractivity contribution in [3.8, 4) is 0 Å². The molecule has 14 heavy (non-hydrogen) atoms. The average Bonchev–Trinajstić information content (AvgIpc) is 2.54. The van der Waals surface area contributed by atoms with E-state index in [9.17, 15) is 0 Å². The Morgan fingerprint density at radius 1 is 1.57 bits per heavy atom. The Morgan fingerprint density at radius 2 is 2.29 bits per heavy atom. The molecule has 0 radical (unpaired) electrons. The molecule has 0 saturated carbocycles. The Morgan fingerprint density at radius 3 is 2.79 bits per heavy atom. The highest BCUT2D eigenvalue weighted by atomic mass is 32.1. The highest BCUT2D eigenvalue weighted by Crippen LogP contribution is 2.26. The van der Waals surface area contributed by atoms with Crippen molar-refractivity contribution in [2.24, 2.45) is 5.73 Å². The molecule has 0 aliphatic rings. The van der Waals surface area contributed by atoms with Crippen LogP contribution in [-0.4, -0.2) is 19.1 Å². The van der Waals surface area contributed by atoms with Gasteiger partial charge >= 0.3 is 0 Å². The van der Waals surface area contributed by atoms with E-state index in [2.05, 4.69) is 36.7 Å². The molecule has 1 atom stereocenters. The molecule has 2 nitrogen and oxygen atoms in total. The second-order valence-corrected chi connectivity index (χ2v) is 5.42. The van der Waals surface area contributed by atoms with Crippen molar-refractivity contribution in [3.05, 3.63) is 22.4 Å². The van der Waals surface area contributed by atoms with E-state index in [1.165, 1.54) is 4.88 Å². The zero-order valence-corrected chi connectivity index (χ0v) is 10.0. The monoisotopic (exact) mass is 212 g/mol. The van der Waals surface area contributed by atoms with E-state index in [-0.39, 0.29) is 11.5 Å². The fraction of sp³-hybridized carbons (Fsp3) is 0.636. The molecular weight excluding hydrogens is 192 g/mol. The summed E-state index contributed by atoms with van der Waals surface area (Å²) in [5, 5.41) is 5.52. The number of hydrogen-bond donors (Lipinski definition) is 2. The van der Waals surface area contributed by atoms with Gasteiger partial charge in [0.15, 0.2) is 0 Å². The third-order valence-corrected chi connectivity index (χ3v) is 3.46. The maximum Gasteiger partial charge on any atom is 0.0136 e. The molecule has 0 aliphatic carbocycles. The van der Waals surface area contributed by atoms with Gasteiger partial charge in [-0.2, -0.15) is 0 Å². The first-order valence-corrected chi connectivity index (χ1v) is 5.90. The summed E-state index contributed by atoms with van der Waals surface area (Å²) in [6.45, 7) is 8.40. The number of thiophene rings is 1. The minimum absolute atomic E-state index is 0.211. The molecule has 0 spiro atoms. The van der Waals surface area contributed by atoms with E-state index in [4.69, 9.17) is 5.73 Å². The minimum Gasteiger partial charge on any atom is -0.327 e. The Kier molecular flexibility index (Phi) is 4.11. The largest absolute Gasteiger partial charge is 0.327 e. The number of rotatable bonds is 5.